The van der Waals surface area contributed by atoms with Crippen molar-refractivity contribution in [3.05, 3.63) is 36.2 Å². The van der Waals surface area contributed by atoms with E-state index in [2.05, 4.69) is 20.2 Å². The Bertz CT molecular complexity index is 1060. The lowest BCUT2D eigenvalue weighted by atomic mass is 9.89. The van der Waals surface area contributed by atoms with E-state index < -0.39 is 6.43 Å². The molecule has 9 heteroatoms. The van der Waals surface area contributed by atoms with Gasteiger partial charge in [-0.1, -0.05) is 31.4 Å². The quantitative estimate of drug-likeness (QED) is 0.603. The van der Waals surface area contributed by atoms with Crippen molar-refractivity contribution in [1.29, 1.82) is 0 Å². The Balaban J connectivity index is 1.55. The molecular formula is C23H28F2N6O. The van der Waals surface area contributed by atoms with Gasteiger partial charge in [-0.2, -0.15) is 9.97 Å². The maximum atomic E-state index is 13.9. The van der Waals surface area contributed by atoms with Crippen molar-refractivity contribution in [2.75, 3.05) is 43.1 Å². The van der Waals surface area contributed by atoms with Crippen LogP contribution in [0.3, 0.4) is 0 Å². The van der Waals surface area contributed by atoms with Gasteiger partial charge in [0.05, 0.1) is 24.2 Å². The first-order chi connectivity index (χ1) is 15.7. The number of hydrogen-bond donors (Lipinski definition) is 1. The Kier molecular flexibility index (Phi) is 6.16. The summed E-state index contributed by atoms with van der Waals surface area (Å²) < 4.78 is 34.8. The van der Waals surface area contributed by atoms with Gasteiger partial charge in [-0.3, -0.25) is 4.57 Å². The van der Waals surface area contributed by atoms with Gasteiger partial charge < -0.3 is 15.0 Å². The molecule has 32 heavy (non-hydrogen) atoms. The van der Waals surface area contributed by atoms with Crippen LogP contribution in [0.15, 0.2) is 30.3 Å². The molecule has 2 fully saturated rings. The van der Waals surface area contributed by atoms with E-state index in [1.54, 1.807) is 24.3 Å². The first kappa shape index (κ1) is 21.1. The Morgan fingerprint density at radius 2 is 1.75 bits per heavy atom. The molecule has 1 aliphatic heterocycles. The molecule has 1 aliphatic carbocycles. The zero-order valence-electron chi connectivity index (χ0n) is 18.0. The fraction of sp³-hybridized carbons (Fsp3) is 0.522. The molecule has 0 radical (unpaired) electrons. The van der Waals surface area contributed by atoms with Crippen LogP contribution < -0.4 is 10.2 Å². The summed E-state index contributed by atoms with van der Waals surface area (Å²) in [5.74, 6) is 1.86. The lowest BCUT2D eigenvalue weighted by Crippen LogP contribution is -2.37. The third-order valence-electron chi connectivity index (χ3n) is 6.32. The number of anilines is 2. The number of alkyl halides is 2. The minimum absolute atomic E-state index is 0.309. The first-order valence-electron chi connectivity index (χ1n) is 11.4. The van der Waals surface area contributed by atoms with Crippen LogP contribution in [0.5, 0.6) is 0 Å². The third kappa shape index (κ3) is 4.39. The second-order valence-electron chi connectivity index (χ2n) is 8.49. The number of hydrogen-bond acceptors (Lipinski definition) is 6. The molecule has 0 atom stereocenters. The highest BCUT2D eigenvalue weighted by Crippen LogP contribution is 2.30. The SMILES string of the molecule is FC(F)c1nc2ccccc2n1-c1cc(N2CCOCC2)nc(NCC2CCCCC2)n1. The number of morpholine rings is 1. The topological polar surface area (TPSA) is 68.1 Å². The minimum Gasteiger partial charge on any atom is -0.378 e. The Labute approximate surface area is 185 Å². The molecule has 1 saturated carbocycles. The van der Waals surface area contributed by atoms with Crippen LogP contribution in [0.2, 0.25) is 0 Å². The highest BCUT2D eigenvalue weighted by molar-refractivity contribution is 5.78. The molecule has 3 aromatic rings. The van der Waals surface area contributed by atoms with Gasteiger partial charge in [-0.15, -0.1) is 0 Å². The largest absolute Gasteiger partial charge is 0.378 e. The summed E-state index contributed by atoms with van der Waals surface area (Å²) in [6, 6.07) is 8.92. The lowest BCUT2D eigenvalue weighted by molar-refractivity contribution is 0.122. The molecule has 1 saturated heterocycles. The molecule has 1 N–H and O–H groups in total. The molecule has 3 heterocycles. The van der Waals surface area contributed by atoms with E-state index in [1.165, 1.54) is 36.7 Å². The number of imidazole rings is 1. The summed E-state index contributed by atoms with van der Waals surface area (Å²) in [4.78, 5) is 15.7. The number of aromatic nitrogens is 4. The molecule has 2 aromatic heterocycles. The molecule has 0 amide bonds. The monoisotopic (exact) mass is 442 g/mol. The van der Waals surface area contributed by atoms with Crippen molar-refractivity contribution in [3.8, 4) is 5.82 Å². The Hall–Kier alpha value is -2.81. The van der Waals surface area contributed by atoms with Crippen LogP contribution in [0, 0.1) is 5.92 Å². The standard InChI is InChI=1S/C23H28F2N6O/c24-21(25)22-27-17-8-4-5-9-18(17)31(22)20-14-19(30-10-12-32-13-11-30)28-23(29-20)26-15-16-6-2-1-3-7-16/h4-5,8-9,14,16,21H,1-3,6-7,10-13,15H2,(H,26,28,29). The number of para-hydroxylation sites is 2. The lowest BCUT2D eigenvalue weighted by Gasteiger charge is -2.28. The zero-order chi connectivity index (χ0) is 21.9. The molecule has 170 valence electrons. The Morgan fingerprint density at radius 3 is 2.53 bits per heavy atom. The van der Waals surface area contributed by atoms with Gasteiger partial charge in [0.2, 0.25) is 5.95 Å². The molecule has 7 nitrogen and oxygen atoms in total. The number of nitrogens with zero attached hydrogens (tertiary/aromatic N) is 5. The summed E-state index contributed by atoms with van der Waals surface area (Å²) in [7, 11) is 0. The van der Waals surface area contributed by atoms with Crippen LogP contribution in [0.4, 0.5) is 20.5 Å². The summed E-state index contributed by atoms with van der Waals surface area (Å²) in [5, 5.41) is 3.39. The van der Waals surface area contributed by atoms with Crippen molar-refractivity contribution in [1.82, 2.24) is 19.5 Å². The van der Waals surface area contributed by atoms with Gasteiger partial charge in [-0.25, -0.2) is 13.8 Å². The van der Waals surface area contributed by atoms with E-state index in [0.29, 0.717) is 60.8 Å². The number of rotatable bonds is 6. The van der Waals surface area contributed by atoms with E-state index >= 15 is 0 Å². The fourth-order valence-corrected chi connectivity index (χ4v) is 4.63. The van der Waals surface area contributed by atoms with Gasteiger partial charge in [0, 0.05) is 25.7 Å². The predicted octanol–water partition coefficient (Wildman–Crippen LogP) is 4.58. The smallest absolute Gasteiger partial charge is 0.296 e. The molecule has 0 spiro atoms. The summed E-state index contributed by atoms with van der Waals surface area (Å²) >= 11 is 0. The number of fused-ring (bicyclic) bond motifs is 1. The van der Waals surface area contributed by atoms with Crippen molar-refractivity contribution in [2.24, 2.45) is 5.92 Å². The average molecular weight is 443 g/mol. The molecule has 0 unspecified atom stereocenters. The van der Waals surface area contributed by atoms with E-state index in [0.717, 1.165) is 6.54 Å². The van der Waals surface area contributed by atoms with Crippen LogP contribution in [0.25, 0.3) is 16.9 Å². The fourth-order valence-electron chi connectivity index (χ4n) is 4.63. The molecule has 5 rings (SSSR count). The van der Waals surface area contributed by atoms with Crippen molar-refractivity contribution in [2.45, 2.75) is 38.5 Å². The van der Waals surface area contributed by atoms with Crippen LogP contribution in [-0.4, -0.2) is 52.4 Å². The number of benzene rings is 1. The second kappa shape index (κ2) is 9.36. The van der Waals surface area contributed by atoms with Gasteiger partial charge in [0.15, 0.2) is 5.82 Å². The van der Waals surface area contributed by atoms with E-state index in [9.17, 15) is 8.78 Å². The maximum Gasteiger partial charge on any atom is 0.296 e. The van der Waals surface area contributed by atoms with Crippen molar-refractivity contribution in [3.63, 3.8) is 0 Å². The predicted molar refractivity (Wildman–Crippen MR) is 120 cm³/mol. The van der Waals surface area contributed by atoms with Gasteiger partial charge >= 0.3 is 0 Å². The van der Waals surface area contributed by atoms with E-state index in [4.69, 9.17) is 9.72 Å². The van der Waals surface area contributed by atoms with E-state index in [-0.39, 0.29) is 5.82 Å². The molecule has 1 aromatic carbocycles. The van der Waals surface area contributed by atoms with Crippen LogP contribution >= 0.6 is 0 Å². The average Bonchev–Trinajstić information content (AvgIpc) is 3.24. The first-order valence-corrected chi connectivity index (χ1v) is 11.4. The maximum absolute atomic E-state index is 13.9. The Morgan fingerprint density at radius 1 is 1.00 bits per heavy atom. The van der Waals surface area contributed by atoms with Gasteiger partial charge in [0.25, 0.3) is 6.43 Å². The third-order valence-corrected chi connectivity index (χ3v) is 6.32. The zero-order valence-corrected chi connectivity index (χ0v) is 18.0. The van der Waals surface area contributed by atoms with Gasteiger partial charge in [-0.05, 0) is 30.9 Å². The highest BCUT2D eigenvalue weighted by atomic mass is 19.3. The second-order valence-corrected chi connectivity index (χ2v) is 8.49. The van der Waals surface area contributed by atoms with Crippen molar-refractivity contribution < 1.29 is 13.5 Å². The highest BCUT2D eigenvalue weighted by Gasteiger charge is 2.23. The number of nitrogens with one attached hydrogen (secondary N) is 1. The minimum atomic E-state index is -2.72. The van der Waals surface area contributed by atoms with Crippen LogP contribution in [-0.2, 0) is 4.74 Å². The summed E-state index contributed by atoms with van der Waals surface area (Å²) in [5.41, 5.74) is 1.12. The molecular weight excluding hydrogens is 414 g/mol. The van der Waals surface area contributed by atoms with E-state index in [1.807, 2.05) is 6.07 Å². The molecule has 2 aliphatic rings. The van der Waals surface area contributed by atoms with Crippen LogP contribution in [0.1, 0.15) is 44.4 Å². The summed E-state index contributed by atoms with van der Waals surface area (Å²) in [6.45, 7) is 3.41. The van der Waals surface area contributed by atoms with Gasteiger partial charge in [0.1, 0.15) is 11.6 Å². The molecule has 0 bridgehead atoms. The number of halogens is 2. The summed E-state index contributed by atoms with van der Waals surface area (Å²) in [6.07, 6.45) is 3.49. The van der Waals surface area contributed by atoms with Crippen molar-refractivity contribution >= 4 is 22.8 Å². The normalized spacial score (nSPS) is 17.9. The number of ether oxygens (including phenoxy) is 1.